The van der Waals surface area contributed by atoms with Gasteiger partial charge in [0.1, 0.15) is 0 Å². The van der Waals surface area contributed by atoms with E-state index in [1.54, 1.807) is 0 Å². The molecular formula is C66H67BN2S. The van der Waals surface area contributed by atoms with Gasteiger partial charge in [0.05, 0.1) is 5.54 Å². The Morgan fingerprint density at radius 3 is 1.87 bits per heavy atom. The summed E-state index contributed by atoms with van der Waals surface area (Å²) in [6.45, 7) is 25.2. The lowest BCUT2D eigenvalue weighted by Crippen LogP contribution is -2.56. The summed E-state index contributed by atoms with van der Waals surface area (Å²) < 4.78 is 2.70. The Morgan fingerprint density at radius 1 is 0.429 bits per heavy atom. The van der Waals surface area contributed by atoms with Crippen LogP contribution in [0.2, 0.25) is 0 Å². The van der Waals surface area contributed by atoms with Gasteiger partial charge in [0.25, 0.3) is 0 Å². The van der Waals surface area contributed by atoms with Gasteiger partial charge in [-0.3, -0.25) is 0 Å². The highest BCUT2D eigenvalue weighted by atomic mass is 32.1. The number of para-hydroxylation sites is 1. The van der Waals surface area contributed by atoms with Crippen molar-refractivity contribution < 1.29 is 0 Å². The third-order valence-corrected chi connectivity index (χ3v) is 21.1. The average Bonchev–Trinajstić information content (AvgIpc) is 3.95. The zero-order valence-electron chi connectivity index (χ0n) is 43.2. The molecule has 0 saturated heterocycles. The fourth-order valence-corrected chi connectivity index (χ4v) is 16.5. The van der Waals surface area contributed by atoms with Gasteiger partial charge in [-0.25, -0.2) is 0 Å². The van der Waals surface area contributed by atoms with Gasteiger partial charge >= 0.3 is 0 Å². The van der Waals surface area contributed by atoms with Gasteiger partial charge in [-0.05, 0) is 189 Å². The molecule has 70 heavy (non-hydrogen) atoms. The lowest BCUT2D eigenvalue weighted by molar-refractivity contribution is 0.195. The number of rotatable bonds is 3. The third-order valence-electron chi connectivity index (χ3n) is 20.0. The molecule has 0 radical (unpaired) electrons. The molecule has 0 spiro atoms. The van der Waals surface area contributed by atoms with E-state index in [2.05, 4.69) is 206 Å². The van der Waals surface area contributed by atoms with Crippen LogP contribution in [0.1, 0.15) is 148 Å². The van der Waals surface area contributed by atoms with Crippen LogP contribution in [0.5, 0.6) is 0 Å². The first kappa shape index (κ1) is 43.2. The van der Waals surface area contributed by atoms with Gasteiger partial charge in [0.15, 0.2) is 0 Å². The van der Waals surface area contributed by atoms with Crippen molar-refractivity contribution in [2.45, 2.75) is 153 Å². The van der Waals surface area contributed by atoms with Crippen molar-refractivity contribution in [3.63, 3.8) is 0 Å². The molecule has 2 nitrogen and oxygen atoms in total. The number of hydrogen-bond donors (Lipinski definition) is 0. The predicted molar refractivity (Wildman–Crippen MR) is 303 cm³/mol. The first-order valence-electron chi connectivity index (χ1n) is 26.7. The van der Waals surface area contributed by atoms with Crippen molar-refractivity contribution in [3.05, 3.63) is 155 Å². The lowest BCUT2D eigenvalue weighted by Gasteiger charge is -2.50. The van der Waals surface area contributed by atoms with E-state index >= 15 is 0 Å². The molecule has 2 unspecified atom stereocenters. The van der Waals surface area contributed by atoms with Gasteiger partial charge in [-0.1, -0.05) is 147 Å². The topological polar surface area (TPSA) is 6.48 Å². The van der Waals surface area contributed by atoms with Crippen LogP contribution in [0.4, 0.5) is 28.4 Å². The zero-order valence-corrected chi connectivity index (χ0v) is 44.0. The Kier molecular flexibility index (Phi) is 8.70. The van der Waals surface area contributed by atoms with E-state index in [-0.39, 0.29) is 39.3 Å². The van der Waals surface area contributed by atoms with Gasteiger partial charge < -0.3 is 9.80 Å². The molecule has 8 aromatic rings. The predicted octanol–water partition coefficient (Wildman–Crippen LogP) is 16.4. The largest absolute Gasteiger partial charge is 0.334 e. The normalized spacial score (nSPS) is 23.6. The maximum absolute atomic E-state index is 2.79. The lowest BCUT2D eigenvalue weighted by atomic mass is 9.36. The number of nitrogens with zero attached hydrogens (tertiary/aromatic N) is 2. The maximum atomic E-state index is 2.79. The Balaban J connectivity index is 1.06. The van der Waals surface area contributed by atoms with Crippen molar-refractivity contribution in [1.82, 2.24) is 0 Å². The van der Waals surface area contributed by atoms with Crippen LogP contribution < -0.4 is 26.2 Å². The number of anilines is 5. The summed E-state index contributed by atoms with van der Waals surface area (Å²) in [6, 6.07) is 51.4. The Labute approximate surface area is 421 Å². The molecule has 1 saturated carbocycles. The highest BCUT2D eigenvalue weighted by Gasteiger charge is 2.58. The van der Waals surface area contributed by atoms with Gasteiger partial charge in [0, 0.05) is 54.0 Å². The molecule has 0 amide bonds. The number of fused-ring (bicyclic) bond motifs is 13. The molecular weight excluding hydrogens is 864 g/mol. The van der Waals surface area contributed by atoms with Crippen LogP contribution in [-0.4, -0.2) is 12.3 Å². The average molecular weight is 931 g/mol. The van der Waals surface area contributed by atoms with Crippen LogP contribution >= 0.6 is 11.3 Å². The molecule has 14 rings (SSSR count). The Morgan fingerprint density at radius 2 is 1.09 bits per heavy atom. The standard InChI is InChI=1S/C66H67BN2S/c1-61(2)29-30-62(3,4)50-36-42(23-26-48(50)61)68-56-39-52-51(63(5,6)31-32-64(52,7)8)38-54(56)67-53-37-43(69-55-19-13-12-18-49(55)65(9)27-15-16-28-66(65,69)10)22-25-44(53)47-33-41(34-57(68)60(47)67)40-21-24-46-45-17-11-14-20-58(45)70-59(46)35-40/h11-14,17-26,33-39H,15-16,27-32H2,1-10H3. The minimum atomic E-state index is -0.0110. The molecule has 3 aliphatic carbocycles. The van der Waals surface area contributed by atoms with Crippen molar-refractivity contribution in [3.8, 4) is 22.3 Å². The molecule has 7 aromatic carbocycles. The molecule has 0 N–H and O–H groups in total. The van der Waals surface area contributed by atoms with E-state index < -0.39 is 0 Å². The Hall–Kier alpha value is -5.58. The minimum Gasteiger partial charge on any atom is -0.334 e. The molecule has 3 aliphatic heterocycles. The first-order chi connectivity index (χ1) is 33.4. The minimum absolute atomic E-state index is 0.0110. The zero-order chi connectivity index (χ0) is 48.1. The second-order valence-corrected chi connectivity index (χ2v) is 26.8. The fraction of sp³-hybridized carbons (Fsp3) is 0.364. The van der Waals surface area contributed by atoms with Crippen LogP contribution in [0.3, 0.4) is 0 Å². The second-order valence-electron chi connectivity index (χ2n) is 25.7. The van der Waals surface area contributed by atoms with Crippen LogP contribution in [0.15, 0.2) is 127 Å². The fourth-order valence-electron chi connectivity index (χ4n) is 15.3. The van der Waals surface area contributed by atoms with Gasteiger partial charge in [-0.15, -0.1) is 11.3 Å². The summed E-state index contributed by atoms with van der Waals surface area (Å²) in [4.78, 5) is 5.53. The van der Waals surface area contributed by atoms with Crippen LogP contribution in [-0.2, 0) is 27.1 Å². The highest BCUT2D eigenvalue weighted by Crippen LogP contribution is 2.61. The van der Waals surface area contributed by atoms with E-state index in [0.717, 1.165) is 0 Å². The summed E-state index contributed by atoms with van der Waals surface area (Å²) in [5.74, 6) is 0. The van der Waals surface area contributed by atoms with E-state index in [1.807, 2.05) is 11.3 Å². The maximum Gasteiger partial charge on any atom is 0.248 e. The number of hydrogen-bond acceptors (Lipinski definition) is 3. The quantitative estimate of drug-likeness (QED) is 0.163. The van der Waals surface area contributed by atoms with E-state index in [0.29, 0.717) is 0 Å². The van der Waals surface area contributed by atoms with Crippen molar-refractivity contribution in [2.75, 3.05) is 9.80 Å². The SMILES string of the molecule is CC1(C)CCC(C)(C)c2cc(N3c4cc5c(cc4B4c6cc(N7c8ccccc8C8(C)CCCCC78C)ccc6-c6cc(-c7ccc8c(c7)sc7ccccc78)cc3c64)C(C)(C)CCC5(C)C)ccc21. The molecule has 350 valence electrons. The monoisotopic (exact) mass is 931 g/mol. The summed E-state index contributed by atoms with van der Waals surface area (Å²) in [6.07, 6.45) is 9.76. The summed E-state index contributed by atoms with van der Waals surface area (Å²) >= 11 is 1.92. The number of thiophene rings is 1. The van der Waals surface area contributed by atoms with Crippen molar-refractivity contribution in [1.29, 1.82) is 0 Å². The van der Waals surface area contributed by atoms with Gasteiger partial charge in [0.2, 0.25) is 6.71 Å². The first-order valence-corrected chi connectivity index (χ1v) is 27.5. The molecule has 4 heteroatoms. The molecule has 1 aromatic heterocycles. The van der Waals surface area contributed by atoms with Crippen molar-refractivity contribution in [2.24, 2.45) is 0 Å². The molecule has 0 bridgehead atoms. The van der Waals surface area contributed by atoms with Crippen molar-refractivity contribution >= 4 is 83.0 Å². The van der Waals surface area contributed by atoms with Crippen LogP contribution in [0, 0.1) is 0 Å². The molecule has 2 atom stereocenters. The third kappa shape index (κ3) is 5.69. The summed E-state index contributed by atoms with van der Waals surface area (Å²) in [7, 11) is 0. The number of benzene rings is 7. The van der Waals surface area contributed by atoms with E-state index in [1.165, 1.54) is 166 Å². The molecule has 4 heterocycles. The van der Waals surface area contributed by atoms with Gasteiger partial charge in [-0.2, -0.15) is 0 Å². The smallest absolute Gasteiger partial charge is 0.248 e. The van der Waals surface area contributed by atoms with E-state index in [9.17, 15) is 0 Å². The second kappa shape index (κ2) is 14.1. The highest BCUT2D eigenvalue weighted by molar-refractivity contribution is 7.25. The van der Waals surface area contributed by atoms with E-state index in [4.69, 9.17) is 0 Å². The summed E-state index contributed by atoms with van der Waals surface area (Å²) in [5, 5.41) is 2.70. The Bertz CT molecular complexity index is 3590. The van der Waals surface area contributed by atoms with Crippen LogP contribution in [0.25, 0.3) is 42.4 Å². The molecule has 1 fully saturated rings. The summed E-state index contributed by atoms with van der Waals surface area (Å²) in [5.41, 5.74) is 24.5. The molecule has 6 aliphatic rings.